The van der Waals surface area contributed by atoms with Gasteiger partial charge < -0.3 is 0 Å². The summed E-state index contributed by atoms with van der Waals surface area (Å²) < 4.78 is 0. The Bertz CT molecular complexity index is 950. The van der Waals surface area contributed by atoms with Gasteiger partial charge in [-0.2, -0.15) is 4.99 Å². The molecule has 0 aliphatic heterocycles. The van der Waals surface area contributed by atoms with Gasteiger partial charge in [-0.25, -0.2) is 0 Å². The van der Waals surface area contributed by atoms with Crippen molar-refractivity contribution >= 4 is 23.1 Å². The molecule has 3 aromatic carbocycles. The summed E-state index contributed by atoms with van der Waals surface area (Å²) in [4.78, 5) is 3.97. The molecule has 3 aromatic rings. The first-order valence-electron chi connectivity index (χ1n) is 8.18. The summed E-state index contributed by atoms with van der Waals surface area (Å²) in [5, 5.41) is 2.38. The Hall–Kier alpha value is -2.98. The number of thiocarbonyl (C=S) groups is 1. The maximum atomic E-state index is 4.62. The smallest absolute Gasteiger partial charge is 0.0739 e. The van der Waals surface area contributed by atoms with Crippen molar-refractivity contribution in [1.29, 1.82) is 0 Å². The number of hydrogen-bond donors (Lipinski definition) is 0. The van der Waals surface area contributed by atoms with Crippen LogP contribution in [0.1, 0.15) is 23.6 Å². The fraction of sp³-hybridized carbons (Fsp3) is 0.0870. The van der Waals surface area contributed by atoms with Gasteiger partial charge in [0.2, 0.25) is 0 Å². The molecule has 0 N–H and O–H groups in total. The Balaban J connectivity index is 1.75. The molecule has 0 bridgehead atoms. The average Bonchev–Trinajstić information content (AvgIpc) is 2.68. The zero-order valence-corrected chi connectivity index (χ0v) is 14.8. The Morgan fingerprint density at radius 1 is 0.720 bits per heavy atom. The lowest BCUT2D eigenvalue weighted by Gasteiger charge is -2.02. The minimum Gasteiger partial charge on any atom is -0.195 e. The van der Waals surface area contributed by atoms with Gasteiger partial charge in [-0.15, -0.1) is 0 Å². The molecule has 1 nitrogen and oxygen atoms in total. The van der Waals surface area contributed by atoms with E-state index in [9.17, 15) is 0 Å². The molecule has 2 heteroatoms. The molecule has 0 radical (unpaired) electrons. The molecule has 0 heterocycles. The van der Waals surface area contributed by atoms with E-state index in [2.05, 4.69) is 77.5 Å². The number of isothiocyanates is 1. The highest BCUT2D eigenvalue weighted by Gasteiger charge is 1.98. The molecule has 0 unspecified atom stereocenters. The summed E-state index contributed by atoms with van der Waals surface area (Å²) in [6, 6.07) is 24.6. The van der Waals surface area contributed by atoms with E-state index in [4.69, 9.17) is 0 Å². The van der Waals surface area contributed by atoms with Crippen molar-refractivity contribution < 1.29 is 0 Å². The normalized spacial score (nSPS) is 9.64. The fourth-order valence-electron chi connectivity index (χ4n) is 2.50. The van der Waals surface area contributed by atoms with Gasteiger partial charge >= 0.3 is 0 Å². The maximum Gasteiger partial charge on any atom is 0.0739 e. The van der Waals surface area contributed by atoms with Crippen molar-refractivity contribution in [3.63, 3.8) is 0 Å². The number of rotatable bonds is 3. The molecule has 25 heavy (non-hydrogen) atoms. The van der Waals surface area contributed by atoms with Crippen molar-refractivity contribution in [3.8, 4) is 23.0 Å². The number of aryl methyl sites for hydroxylation is 1. The highest BCUT2D eigenvalue weighted by Crippen LogP contribution is 2.22. The maximum absolute atomic E-state index is 4.62. The third kappa shape index (κ3) is 4.52. The van der Waals surface area contributed by atoms with E-state index < -0.39 is 0 Å². The summed E-state index contributed by atoms with van der Waals surface area (Å²) in [7, 11) is 0. The molecule has 0 atom stereocenters. The van der Waals surface area contributed by atoms with Crippen LogP contribution in [0, 0.1) is 11.8 Å². The second-order valence-electron chi connectivity index (χ2n) is 5.63. The summed E-state index contributed by atoms with van der Waals surface area (Å²) in [6.07, 6.45) is 1.05. The van der Waals surface area contributed by atoms with Gasteiger partial charge in [-0.05, 0) is 71.7 Å². The van der Waals surface area contributed by atoms with E-state index in [1.54, 1.807) is 0 Å². The van der Waals surface area contributed by atoms with Crippen molar-refractivity contribution in [2.24, 2.45) is 4.99 Å². The van der Waals surface area contributed by atoms with Crippen molar-refractivity contribution in [1.82, 2.24) is 0 Å². The number of benzene rings is 3. The van der Waals surface area contributed by atoms with Gasteiger partial charge in [0.15, 0.2) is 0 Å². The van der Waals surface area contributed by atoms with Gasteiger partial charge in [-0.1, -0.05) is 55.2 Å². The number of hydrogen-bond acceptors (Lipinski definition) is 2. The molecule has 0 aromatic heterocycles. The lowest BCUT2D eigenvalue weighted by atomic mass is 10.0. The third-order valence-electron chi connectivity index (χ3n) is 3.97. The molecular formula is C23H17NS. The van der Waals surface area contributed by atoms with Crippen LogP contribution in [0.3, 0.4) is 0 Å². The Morgan fingerprint density at radius 3 is 1.68 bits per heavy atom. The molecule has 3 rings (SSSR count). The molecule has 0 amide bonds. The topological polar surface area (TPSA) is 12.4 Å². The first-order chi connectivity index (χ1) is 12.3. The standard InChI is InChI=1S/C23H17NS/c1-2-18-3-5-19(6-4-18)7-8-20-9-11-21(12-10-20)22-13-15-23(16-14-22)24-17-25/h3-6,9-16H,2H2,1H3. The van der Waals surface area contributed by atoms with E-state index in [0.717, 1.165) is 34.4 Å². The van der Waals surface area contributed by atoms with Gasteiger partial charge in [0.1, 0.15) is 0 Å². The number of aliphatic imine (C=N–C) groups is 1. The van der Waals surface area contributed by atoms with Crippen LogP contribution in [0.4, 0.5) is 5.69 Å². The minimum atomic E-state index is 0.815. The molecule has 0 saturated carbocycles. The largest absolute Gasteiger partial charge is 0.195 e. The second-order valence-corrected chi connectivity index (χ2v) is 5.81. The second kappa shape index (κ2) is 8.22. The van der Waals surface area contributed by atoms with Crippen LogP contribution < -0.4 is 0 Å². The molecule has 0 saturated heterocycles. The van der Waals surface area contributed by atoms with Crippen molar-refractivity contribution in [2.45, 2.75) is 13.3 Å². The lowest BCUT2D eigenvalue weighted by Crippen LogP contribution is -1.81. The van der Waals surface area contributed by atoms with E-state index >= 15 is 0 Å². The minimum absolute atomic E-state index is 0.815. The van der Waals surface area contributed by atoms with Crippen LogP contribution in [0.2, 0.25) is 0 Å². The molecule has 120 valence electrons. The molecule has 0 fully saturated rings. The van der Waals surface area contributed by atoms with Crippen molar-refractivity contribution in [2.75, 3.05) is 0 Å². The van der Waals surface area contributed by atoms with Crippen LogP contribution in [-0.4, -0.2) is 5.16 Å². The zero-order chi connectivity index (χ0) is 17.5. The highest BCUT2D eigenvalue weighted by molar-refractivity contribution is 7.78. The van der Waals surface area contributed by atoms with Gasteiger partial charge in [0.25, 0.3) is 0 Å². The lowest BCUT2D eigenvalue weighted by molar-refractivity contribution is 1.14. The van der Waals surface area contributed by atoms with Gasteiger partial charge in [-0.3, -0.25) is 0 Å². The zero-order valence-electron chi connectivity index (χ0n) is 14.0. The van der Waals surface area contributed by atoms with Crippen LogP contribution in [-0.2, 0) is 6.42 Å². The monoisotopic (exact) mass is 339 g/mol. The Labute approximate surface area is 154 Å². The van der Waals surface area contributed by atoms with Crippen molar-refractivity contribution in [3.05, 3.63) is 89.5 Å². The third-order valence-corrected chi connectivity index (χ3v) is 4.06. The van der Waals surface area contributed by atoms with Gasteiger partial charge in [0.05, 0.1) is 10.8 Å². The van der Waals surface area contributed by atoms with Gasteiger partial charge in [0, 0.05) is 11.1 Å². The summed E-state index contributed by atoms with van der Waals surface area (Å²) in [5.74, 6) is 6.43. The molecule has 0 aliphatic carbocycles. The van der Waals surface area contributed by atoms with E-state index in [0.29, 0.717) is 0 Å². The number of nitrogens with zero attached hydrogens (tertiary/aromatic N) is 1. The summed E-state index contributed by atoms with van der Waals surface area (Å²) in [5.41, 5.74) is 6.47. The van der Waals surface area contributed by atoms with Crippen LogP contribution >= 0.6 is 12.2 Å². The SMILES string of the molecule is CCc1ccc(C#Cc2ccc(-c3ccc(N=C=S)cc3)cc2)cc1. The van der Waals surface area contributed by atoms with Crippen LogP contribution in [0.25, 0.3) is 11.1 Å². The van der Waals surface area contributed by atoms with E-state index in [-0.39, 0.29) is 0 Å². The first kappa shape index (κ1) is 16.9. The van der Waals surface area contributed by atoms with Crippen LogP contribution in [0.15, 0.2) is 77.8 Å². The summed E-state index contributed by atoms with van der Waals surface area (Å²) in [6.45, 7) is 2.15. The average molecular weight is 339 g/mol. The predicted molar refractivity (Wildman–Crippen MR) is 108 cm³/mol. The quantitative estimate of drug-likeness (QED) is 0.321. The van der Waals surface area contributed by atoms with E-state index in [1.807, 2.05) is 36.4 Å². The Morgan fingerprint density at radius 2 is 1.20 bits per heavy atom. The molecule has 0 aliphatic rings. The molecule has 0 spiro atoms. The van der Waals surface area contributed by atoms with E-state index in [1.165, 1.54) is 5.56 Å². The predicted octanol–water partition coefficient (Wildman–Crippen LogP) is 6.05. The highest BCUT2D eigenvalue weighted by atomic mass is 32.1. The Kier molecular flexibility index (Phi) is 5.54. The summed E-state index contributed by atoms with van der Waals surface area (Å²) >= 11 is 4.62. The first-order valence-corrected chi connectivity index (χ1v) is 8.58. The van der Waals surface area contributed by atoms with Crippen LogP contribution in [0.5, 0.6) is 0 Å². The molecular weight excluding hydrogens is 322 g/mol. The fourth-order valence-corrected chi connectivity index (χ4v) is 2.60.